The molecule has 0 unspecified atom stereocenters. The van der Waals surface area contributed by atoms with Crippen LogP contribution in [0.2, 0.25) is 0 Å². The van der Waals surface area contributed by atoms with Crippen LogP contribution in [0.25, 0.3) is 10.3 Å². The maximum absolute atomic E-state index is 13.5. The first-order valence-electron chi connectivity index (χ1n) is 9.84. The Kier molecular flexibility index (Phi) is 5.42. The minimum absolute atomic E-state index is 0.190. The summed E-state index contributed by atoms with van der Waals surface area (Å²) in [6.45, 7) is 5.03. The Labute approximate surface area is 175 Å². The topological polar surface area (TPSA) is 89.2 Å². The number of aryl methyl sites for hydroxylation is 1. The van der Waals surface area contributed by atoms with E-state index in [1.54, 1.807) is 19.9 Å². The van der Waals surface area contributed by atoms with Crippen LogP contribution < -0.4 is 21.5 Å². The second-order valence-electron chi connectivity index (χ2n) is 7.27. The SMILES string of the molecule is CCn1c(=O)c2sc(N3CCCC3)nc2n(CC(=O)Nc2cc(F)ccc2C)c1=O. The lowest BCUT2D eigenvalue weighted by atomic mass is 10.2. The highest BCUT2D eigenvalue weighted by molar-refractivity contribution is 7.22. The van der Waals surface area contributed by atoms with Crippen molar-refractivity contribution in [1.29, 1.82) is 0 Å². The van der Waals surface area contributed by atoms with E-state index in [4.69, 9.17) is 0 Å². The largest absolute Gasteiger partial charge is 0.348 e. The molecule has 0 bridgehead atoms. The number of hydrogen-bond acceptors (Lipinski definition) is 6. The molecular formula is C20H22FN5O3S. The number of anilines is 2. The molecule has 1 N–H and O–H groups in total. The monoisotopic (exact) mass is 431 g/mol. The van der Waals surface area contributed by atoms with Gasteiger partial charge >= 0.3 is 5.69 Å². The van der Waals surface area contributed by atoms with Crippen molar-refractivity contribution in [1.82, 2.24) is 14.1 Å². The fourth-order valence-electron chi connectivity index (χ4n) is 3.60. The third-order valence-electron chi connectivity index (χ3n) is 5.22. The van der Waals surface area contributed by atoms with Crippen LogP contribution in [-0.2, 0) is 17.9 Å². The van der Waals surface area contributed by atoms with Crippen LogP contribution in [0, 0.1) is 12.7 Å². The number of halogens is 1. The number of carbonyl (C=O) groups excluding carboxylic acids is 1. The molecular weight excluding hydrogens is 409 g/mol. The van der Waals surface area contributed by atoms with Gasteiger partial charge in [-0.2, -0.15) is 0 Å². The number of hydrogen-bond donors (Lipinski definition) is 1. The summed E-state index contributed by atoms with van der Waals surface area (Å²) in [4.78, 5) is 45.0. The number of nitrogens with zero attached hydrogens (tertiary/aromatic N) is 4. The zero-order valence-corrected chi connectivity index (χ0v) is 17.6. The van der Waals surface area contributed by atoms with Crippen molar-refractivity contribution in [3.05, 3.63) is 50.4 Å². The Bertz CT molecular complexity index is 1240. The summed E-state index contributed by atoms with van der Waals surface area (Å²) in [6, 6.07) is 4.10. The molecule has 30 heavy (non-hydrogen) atoms. The third-order valence-corrected chi connectivity index (χ3v) is 6.32. The van der Waals surface area contributed by atoms with Gasteiger partial charge in [0.2, 0.25) is 5.91 Å². The van der Waals surface area contributed by atoms with Gasteiger partial charge < -0.3 is 10.2 Å². The van der Waals surface area contributed by atoms with Crippen molar-refractivity contribution in [3.8, 4) is 0 Å². The Morgan fingerprint density at radius 1 is 1.23 bits per heavy atom. The van der Waals surface area contributed by atoms with E-state index in [1.807, 2.05) is 0 Å². The number of nitrogens with one attached hydrogen (secondary N) is 1. The summed E-state index contributed by atoms with van der Waals surface area (Å²) in [5.41, 5.74) is 0.278. The maximum Gasteiger partial charge on any atom is 0.333 e. The normalized spacial score (nSPS) is 13.9. The highest BCUT2D eigenvalue weighted by Crippen LogP contribution is 2.28. The van der Waals surface area contributed by atoms with Gasteiger partial charge in [0, 0.05) is 25.3 Å². The highest BCUT2D eigenvalue weighted by Gasteiger charge is 2.22. The number of carbonyl (C=O) groups is 1. The number of aromatic nitrogens is 3. The van der Waals surface area contributed by atoms with E-state index in [9.17, 15) is 18.8 Å². The van der Waals surface area contributed by atoms with Gasteiger partial charge in [0.15, 0.2) is 10.8 Å². The Morgan fingerprint density at radius 3 is 2.67 bits per heavy atom. The minimum atomic E-state index is -0.584. The molecule has 1 amide bonds. The van der Waals surface area contributed by atoms with E-state index in [1.165, 1.54) is 28.0 Å². The smallest absolute Gasteiger partial charge is 0.333 e. The van der Waals surface area contributed by atoms with Gasteiger partial charge in [0.25, 0.3) is 5.56 Å². The lowest BCUT2D eigenvalue weighted by molar-refractivity contribution is -0.116. The van der Waals surface area contributed by atoms with Gasteiger partial charge in [0.1, 0.15) is 17.1 Å². The molecule has 1 saturated heterocycles. The van der Waals surface area contributed by atoms with E-state index in [0.717, 1.165) is 30.5 Å². The van der Waals surface area contributed by atoms with E-state index in [0.29, 0.717) is 21.1 Å². The quantitative estimate of drug-likeness (QED) is 0.670. The van der Waals surface area contributed by atoms with Crippen molar-refractivity contribution in [3.63, 3.8) is 0 Å². The fraction of sp³-hybridized carbons (Fsp3) is 0.400. The van der Waals surface area contributed by atoms with Crippen LogP contribution in [0.3, 0.4) is 0 Å². The zero-order valence-electron chi connectivity index (χ0n) is 16.8. The van der Waals surface area contributed by atoms with Crippen molar-refractivity contribution in [2.45, 2.75) is 39.8 Å². The molecule has 2 aromatic heterocycles. The minimum Gasteiger partial charge on any atom is -0.348 e. The number of thiazole rings is 1. The first-order chi connectivity index (χ1) is 14.4. The molecule has 1 aliphatic heterocycles. The molecule has 3 heterocycles. The number of rotatable bonds is 5. The van der Waals surface area contributed by atoms with Crippen LogP contribution in [0.15, 0.2) is 27.8 Å². The molecule has 0 radical (unpaired) electrons. The van der Waals surface area contributed by atoms with Crippen molar-refractivity contribution >= 4 is 38.4 Å². The predicted molar refractivity (Wildman–Crippen MR) is 115 cm³/mol. The summed E-state index contributed by atoms with van der Waals surface area (Å²) in [5.74, 6) is -0.964. The lowest BCUT2D eigenvalue weighted by Crippen LogP contribution is -2.41. The first kappa shape index (κ1) is 20.3. The molecule has 1 aliphatic rings. The van der Waals surface area contributed by atoms with Crippen molar-refractivity contribution in [2.24, 2.45) is 0 Å². The highest BCUT2D eigenvalue weighted by atomic mass is 32.1. The summed E-state index contributed by atoms with van der Waals surface area (Å²) < 4.78 is 16.2. The predicted octanol–water partition coefficient (Wildman–Crippen LogP) is 2.33. The van der Waals surface area contributed by atoms with Gasteiger partial charge in [-0.15, -0.1) is 0 Å². The van der Waals surface area contributed by atoms with Gasteiger partial charge in [-0.3, -0.25) is 18.7 Å². The van der Waals surface area contributed by atoms with E-state index >= 15 is 0 Å². The van der Waals surface area contributed by atoms with Gasteiger partial charge in [-0.05, 0) is 44.4 Å². The molecule has 0 atom stereocenters. The summed E-state index contributed by atoms with van der Waals surface area (Å²) in [5, 5.41) is 3.33. The maximum atomic E-state index is 13.5. The zero-order chi connectivity index (χ0) is 21.4. The Hall–Kier alpha value is -3.01. The van der Waals surface area contributed by atoms with Crippen LogP contribution in [0.1, 0.15) is 25.3 Å². The molecule has 0 saturated carbocycles. The molecule has 1 fully saturated rings. The standard InChI is InChI=1S/C20H22FN5O3S/c1-3-25-18(28)16-17(23-19(30-16)24-8-4-5-9-24)26(20(25)29)11-15(27)22-14-10-13(21)7-6-12(14)2/h6-7,10H,3-5,8-9,11H2,1-2H3,(H,22,27). The second-order valence-corrected chi connectivity index (χ2v) is 8.25. The van der Waals surface area contributed by atoms with Gasteiger partial charge in [-0.25, -0.2) is 14.2 Å². The van der Waals surface area contributed by atoms with E-state index in [2.05, 4.69) is 15.2 Å². The van der Waals surface area contributed by atoms with Crippen LogP contribution >= 0.6 is 11.3 Å². The Morgan fingerprint density at radius 2 is 1.97 bits per heavy atom. The van der Waals surface area contributed by atoms with Crippen molar-refractivity contribution < 1.29 is 9.18 Å². The Balaban J connectivity index is 1.75. The van der Waals surface area contributed by atoms with Crippen LogP contribution in [-0.4, -0.2) is 33.1 Å². The lowest BCUT2D eigenvalue weighted by Gasteiger charge is -2.12. The molecule has 3 aromatic rings. The molecule has 0 spiro atoms. The van der Waals surface area contributed by atoms with Crippen LogP contribution in [0.4, 0.5) is 15.2 Å². The van der Waals surface area contributed by atoms with Gasteiger partial charge in [0.05, 0.1) is 0 Å². The number of benzene rings is 1. The number of amides is 1. The summed E-state index contributed by atoms with van der Waals surface area (Å²) >= 11 is 1.25. The second kappa shape index (κ2) is 8.02. The van der Waals surface area contributed by atoms with E-state index in [-0.39, 0.29) is 18.7 Å². The molecule has 158 valence electrons. The third kappa shape index (κ3) is 3.62. The summed E-state index contributed by atoms with van der Waals surface area (Å²) in [6.07, 6.45) is 2.11. The molecule has 10 heteroatoms. The van der Waals surface area contributed by atoms with E-state index < -0.39 is 23.0 Å². The molecule has 1 aromatic carbocycles. The molecule has 4 rings (SSSR count). The molecule has 0 aliphatic carbocycles. The average Bonchev–Trinajstić information content (AvgIpc) is 3.38. The molecule has 8 nitrogen and oxygen atoms in total. The van der Waals surface area contributed by atoms with Crippen LogP contribution in [0.5, 0.6) is 0 Å². The number of fused-ring (bicyclic) bond motifs is 1. The van der Waals surface area contributed by atoms with Crippen molar-refractivity contribution in [2.75, 3.05) is 23.3 Å². The van der Waals surface area contributed by atoms with Gasteiger partial charge in [-0.1, -0.05) is 17.4 Å². The first-order valence-corrected chi connectivity index (χ1v) is 10.7. The summed E-state index contributed by atoms with van der Waals surface area (Å²) in [7, 11) is 0. The average molecular weight is 431 g/mol. The fourth-order valence-corrected chi connectivity index (χ4v) is 4.67.